The average molecular weight is 335 g/mol. The Morgan fingerprint density at radius 1 is 1.35 bits per heavy atom. The van der Waals surface area contributed by atoms with Crippen molar-refractivity contribution < 1.29 is 9.59 Å². The molecule has 1 heterocycles. The maximum atomic E-state index is 12.9. The van der Waals surface area contributed by atoms with E-state index in [1.807, 2.05) is 45.3 Å². The molecule has 1 atom stereocenters. The highest BCUT2D eigenvalue weighted by molar-refractivity contribution is 8.02. The Bertz CT molecular complexity index is 591. The molecule has 5 nitrogen and oxygen atoms in total. The molecule has 2 amide bonds. The van der Waals surface area contributed by atoms with Gasteiger partial charge in [0.15, 0.2) is 4.75 Å². The lowest BCUT2D eigenvalue weighted by Gasteiger charge is -2.38. The number of fused-ring (bicyclic) bond motifs is 1. The number of para-hydroxylation sites is 1. The molecule has 1 unspecified atom stereocenters. The molecule has 1 aromatic rings. The van der Waals surface area contributed by atoms with Crippen molar-refractivity contribution in [3.63, 3.8) is 0 Å². The summed E-state index contributed by atoms with van der Waals surface area (Å²) >= 11 is 1.35. The molecule has 2 rings (SSSR count). The summed E-state index contributed by atoms with van der Waals surface area (Å²) in [5.41, 5.74) is 0.892. The van der Waals surface area contributed by atoms with Gasteiger partial charge in [-0.1, -0.05) is 23.9 Å². The number of carbonyl (C=O) groups excluding carboxylic acids is 2. The van der Waals surface area contributed by atoms with Gasteiger partial charge < -0.3 is 15.1 Å². The molecule has 0 aliphatic carbocycles. The Morgan fingerprint density at radius 3 is 2.70 bits per heavy atom. The van der Waals surface area contributed by atoms with E-state index in [2.05, 4.69) is 10.2 Å². The van der Waals surface area contributed by atoms with Crippen LogP contribution in [0.25, 0.3) is 0 Å². The van der Waals surface area contributed by atoms with Crippen LogP contribution in [0, 0.1) is 0 Å². The number of hydrogen-bond acceptors (Lipinski definition) is 4. The van der Waals surface area contributed by atoms with Gasteiger partial charge in [-0.05, 0) is 53.0 Å². The molecule has 6 heteroatoms. The Kier molecular flexibility index (Phi) is 5.70. The number of carbonyl (C=O) groups is 2. The van der Waals surface area contributed by atoms with Crippen LogP contribution in [0.3, 0.4) is 0 Å². The van der Waals surface area contributed by atoms with E-state index in [1.54, 1.807) is 11.8 Å². The van der Waals surface area contributed by atoms with Crippen molar-refractivity contribution in [2.24, 2.45) is 0 Å². The van der Waals surface area contributed by atoms with Crippen LogP contribution in [0.15, 0.2) is 29.2 Å². The van der Waals surface area contributed by atoms with Gasteiger partial charge >= 0.3 is 0 Å². The van der Waals surface area contributed by atoms with Crippen molar-refractivity contribution in [2.45, 2.75) is 29.9 Å². The maximum absolute atomic E-state index is 12.9. The first kappa shape index (κ1) is 17.8. The van der Waals surface area contributed by atoms with Gasteiger partial charge in [0.2, 0.25) is 5.91 Å². The number of hydrogen-bond donors (Lipinski definition) is 1. The van der Waals surface area contributed by atoms with Gasteiger partial charge in [-0.15, -0.1) is 0 Å². The average Bonchev–Trinajstić information content (AvgIpc) is 2.52. The van der Waals surface area contributed by atoms with Crippen LogP contribution in [0.2, 0.25) is 0 Å². The fourth-order valence-corrected chi connectivity index (χ4v) is 3.85. The van der Waals surface area contributed by atoms with E-state index in [0.717, 1.165) is 23.5 Å². The van der Waals surface area contributed by atoms with E-state index in [4.69, 9.17) is 0 Å². The lowest BCUT2D eigenvalue weighted by atomic mass is 10.1. The lowest BCUT2D eigenvalue weighted by molar-refractivity contribution is -0.131. The zero-order valence-electron chi connectivity index (χ0n) is 14.3. The third-order valence-electron chi connectivity index (χ3n) is 3.94. The number of thioether (sulfide) groups is 1. The van der Waals surface area contributed by atoms with Crippen molar-refractivity contribution in [3.05, 3.63) is 24.3 Å². The molecular formula is C17H25N3O2S. The van der Waals surface area contributed by atoms with Crippen molar-refractivity contribution in [3.8, 4) is 0 Å². The first-order valence-electron chi connectivity index (χ1n) is 7.93. The second-order valence-electron chi connectivity index (χ2n) is 6.07. The van der Waals surface area contributed by atoms with Crippen LogP contribution < -0.4 is 10.2 Å². The molecule has 0 fully saturated rings. The van der Waals surface area contributed by atoms with E-state index in [1.165, 1.54) is 11.8 Å². The topological polar surface area (TPSA) is 52.7 Å². The third-order valence-corrected chi connectivity index (χ3v) is 5.27. The summed E-state index contributed by atoms with van der Waals surface area (Å²) in [4.78, 5) is 30.3. The number of anilines is 1. The normalized spacial score (nSPS) is 20.6. The van der Waals surface area contributed by atoms with Crippen LogP contribution in [-0.4, -0.2) is 55.2 Å². The molecule has 0 spiro atoms. The highest BCUT2D eigenvalue weighted by Gasteiger charge is 2.48. The Balaban J connectivity index is 2.14. The molecule has 126 valence electrons. The van der Waals surface area contributed by atoms with E-state index in [-0.39, 0.29) is 11.8 Å². The molecule has 0 bridgehead atoms. The minimum atomic E-state index is -1.11. The molecule has 1 N–H and O–H groups in total. The van der Waals surface area contributed by atoms with Gasteiger partial charge in [0.1, 0.15) is 0 Å². The van der Waals surface area contributed by atoms with Gasteiger partial charge in [0.05, 0.1) is 5.69 Å². The zero-order chi connectivity index (χ0) is 17.0. The predicted molar refractivity (Wildman–Crippen MR) is 94.9 cm³/mol. The minimum Gasteiger partial charge on any atom is -0.354 e. The summed E-state index contributed by atoms with van der Waals surface area (Å²) in [6.45, 7) is 5.69. The third kappa shape index (κ3) is 3.70. The van der Waals surface area contributed by atoms with Crippen molar-refractivity contribution in [2.75, 3.05) is 38.6 Å². The van der Waals surface area contributed by atoms with Crippen LogP contribution in [0.1, 0.15) is 20.3 Å². The summed E-state index contributed by atoms with van der Waals surface area (Å²) in [5.74, 6) is -0.354. The summed E-state index contributed by atoms with van der Waals surface area (Å²) in [6.07, 6.45) is 0.863. The highest BCUT2D eigenvalue weighted by Crippen LogP contribution is 2.45. The molecular weight excluding hydrogens is 310 g/mol. The molecule has 1 aromatic carbocycles. The Hall–Kier alpha value is -1.53. The number of rotatable bonds is 6. The first-order valence-corrected chi connectivity index (χ1v) is 8.75. The molecule has 23 heavy (non-hydrogen) atoms. The number of benzene rings is 1. The van der Waals surface area contributed by atoms with Gasteiger partial charge in [-0.3, -0.25) is 9.59 Å². The molecule has 0 radical (unpaired) electrons. The van der Waals surface area contributed by atoms with Crippen LogP contribution in [0.4, 0.5) is 5.69 Å². The van der Waals surface area contributed by atoms with Crippen molar-refractivity contribution in [1.29, 1.82) is 0 Å². The summed E-state index contributed by atoms with van der Waals surface area (Å²) < 4.78 is -1.11. The number of amides is 2. The van der Waals surface area contributed by atoms with Crippen LogP contribution in [0.5, 0.6) is 0 Å². The zero-order valence-corrected chi connectivity index (χ0v) is 15.1. The smallest absolute Gasteiger partial charge is 0.252 e. The SMILES string of the molecule is CCN1C(=O)C(C)(C(=O)NCCCN(C)C)Sc2ccccc21. The van der Waals surface area contributed by atoms with Crippen LogP contribution >= 0.6 is 11.8 Å². The van der Waals surface area contributed by atoms with E-state index >= 15 is 0 Å². The fraction of sp³-hybridized carbons (Fsp3) is 0.529. The predicted octanol–water partition coefficient (Wildman–Crippen LogP) is 1.97. The summed E-state index contributed by atoms with van der Waals surface area (Å²) in [7, 11) is 4.00. The standard InChI is InChI=1S/C17H25N3O2S/c1-5-20-13-9-6-7-10-14(13)23-17(2,16(20)22)15(21)18-11-8-12-19(3)4/h6-7,9-10H,5,8,11-12H2,1-4H3,(H,18,21). The minimum absolute atomic E-state index is 0.145. The van der Waals surface area contributed by atoms with E-state index in [0.29, 0.717) is 13.1 Å². The number of nitrogens with zero attached hydrogens (tertiary/aromatic N) is 2. The molecule has 0 saturated heterocycles. The monoisotopic (exact) mass is 335 g/mol. The van der Waals surface area contributed by atoms with Gasteiger partial charge in [0.25, 0.3) is 5.91 Å². The molecule has 1 aliphatic heterocycles. The van der Waals surface area contributed by atoms with E-state index in [9.17, 15) is 9.59 Å². The molecule has 0 saturated carbocycles. The van der Waals surface area contributed by atoms with E-state index < -0.39 is 4.75 Å². The van der Waals surface area contributed by atoms with Gasteiger partial charge in [-0.2, -0.15) is 0 Å². The summed E-state index contributed by atoms with van der Waals surface area (Å²) in [6, 6.07) is 7.75. The summed E-state index contributed by atoms with van der Waals surface area (Å²) in [5, 5.41) is 2.92. The second-order valence-corrected chi connectivity index (χ2v) is 7.53. The van der Waals surface area contributed by atoms with Gasteiger partial charge in [-0.25, -0.2) is 0 Å². The van der Waals surface area contributed by atoms with Crippen molar-refractivity contribution in [1.82, 2.24) is 10.2 Å². The first-order chi connectivity index (χ1) is 10.9. The Morgan fingerprint density at radius 2 is 2.04 bits per heavy atom. The lowest BCUT2D eigenvalue weighted by Crippen LogP contribution is -2.56. The Labute approximate surface area is 142 Å². The second kappa shape index (κ2) is 7.36. The molecule has 0 aromatic heterocycles. The largest absolute Gasteiger partial charge is 0.354 e. The fourth-order valence-electron chi connectivity index (χ4n) is 2.62. The van der Waals surface area contributed by atoms with Crippen LogP contribution in [-0.2, 0) is 9.59 Å². The number of nitrogens with one attached hydrogen (secondary N) is 1. The van der Waals surface area contributed by atoms with Gasteiger partial charge in [0, 0.05) is 18.0 Å². The maximum Gasteiger partial charge on any atom is 0.252 e. The molecule has 1 aliphatic rings. The highest BCUT2D eigenvalue weighted by atomic mass is 32.2. The quantitative estimate of drug-likeness (QED) is 0.638. The van der Waals surface area contributed by atoms with Crippen molar-refractivity contribution >= 4 is 29.3 Å².